The number of esters is 1. The van der Waals surface area contributed by atoms with E-state index in [-0.39, 0.29) is 5.75 Å². The Bertz CT molecular complexity index is 680. The van der Waals surface area contributed by atoms with Crippen LogP contribution in [0.25, 0.3) is 0 Å². The molecule has 2 rings (SSSR count). The van der Waals surface area contributed by atoms with Crippen molar-refractivity contribution in [1.29, 1.82) is 0 Å². The highest BCUT2D eigenvalue weighted by atomic mass is 16.6. The van der Waals surface area contributed by atoms with Crippen molar-refractivity contribution in [3.63, 3.8) is 0 Å². The van der Waals surface area contributed by atoms with Crippen LogP contribution in [0.3, 0.4) is 0 Å². The highest BCUT2D eigenvalue weighted by molar-refractivity contribution is 5.91. The van der Waals surface area contributed by atoms with Gasteiger partial charge in [-0.15, -0.1) is 0 Å². The number of carbonyl (C=O) groups is 2. The van der Waals surface area contributed by atoms with Gasteiger partial charge in [0.2, 0.25) is 0 Å². The maximum atomic E-state index is 12.0. The smallest absolute Gasteiger partial charge is 0.412 e. The number of benzene rings is 2. The minimum atomic E-state index is -0.542. The number of phenols is 1. The van der Waals surface area contributed by atoms with Crippen LogP contribution in [0.15, 0.2) is 48.5 Å². The topological polar surface area (TPSA) is 84.9 Å². The van der Waals surface area contributed by atoms with Crippen molar-refractivity contribution >= 4 is 12.1 Å². The van der Waals surface area contributed by atoms with Crippen molar-refractivity contribution in [3.8, 4) is 17.2 Å². The van der Waals surface area contributed by atoms with E-state index in [1.165, 1.54) is 48.5 Å². The molecule has 0 heterocycles. The summed E-state index contributed by atoms with van der Waals surface area (Å²) >= 11 is 0. The predicted molar refractivity (Wildman–Crippen MR) is 88.4 cm³/mol. The van der Waals surface area contributed by atoms with E-state index in [9.17, 15) is 14.7 Å². The van der Waals surface area contributed by atoms with Gasteiger partial charge in [-0.2, -0.15) is 0 Å². The van der Waals surface area contributed by atoms with Gasteiger partial charge in [-0.3, -0.25) is 0 Å². The number of phenolic OH excluding ortho intramolecular Hbond substituents is 1. The summed E-state index contributed by atoms with van der Waals surface area (Å²) in [6, 6.07) is 11.9. The van der Waals surface area contributed by atoms with E-state index in [1.54, 1.807) is 0 Å². The van der Waals surface area contributed by atoms with Crippen LogP contribution in [0, 0.1) is 0 Å². The Morgan fingerprint density at radius 1 is 0.958 bits per heavy atom. The zero-order valence-corrected chi connectivity index (χ0v) is 13.3. The minimum absolute atomic E-state index is 0.0912. The number of aromatic hydroxyl groups is 1. The molecule has 0 saturated carbocycles. The van der Waals surface area contributed by atoms with Crippen LogP contribution in [0.4, 0.5) is 4.79 Å². The fourth-order valence-corrected chi connectivity index (χ4v) is 1.85. The fourth-order valence-electron chi connectivity index (χ4n) is 1.85. The molecule has 0 atom stereocenters. The normalized spacial score (nSPS) is 10.0. The van der Waals surface area contributed by atoms with Crippen LogP contribution in [0.2, 0.25) is 0 Å². The summed E-state index contributed by atoms with van der Waals surface area (Å²) in [6.07, 6.45) is 1.35. The van der Waals surface area contributed by atoms with E-state index in [1.807, 2.05) is 6.92 Å². The lowest BCUT2D eigenvalue weighted by Crippen LogP contribution is -2.27. The SMILES string of the molecule is CCCCNC(=O)Oc1ccc(C(=O)Oc2ccc(O)cc2)cc1. The Morgan fingerprint density at radius 2 is 1.54 bits per heavy atom. The molecular weight excluding hydrogens is 310 g/mol. The van der Waals surface area contributed by atoms with Gasteiger partial charge in [0.1, 0.15) is 17.2 Å². The van der Waals surface area contributed by atoms with Crippen molar-refractivity contribution in [2.24, 2.45) is 0 Å². The molecule has 0 aliphatic heterocycles. The Kier molecular flexibility index (Phi) is 6.19. The largest absolute Gasteiger partial charge is 0.508 e. The Balaban J connectivity index is 1.89. The molecule has 2 aromatic rings. The van der Waals surface area contributed by atoms with Crippen molar-refractivity contribution in [1.82, 2.24) is 5.32 Å². The molecule has 6 nitrogen and oxygen atoms in total. The van der Waals surface area contributed by atoms with E-state index < -0.39 is 12.1 Å². The monoisotopic (exact) mass is 329 g/mol. The summed E-state index contributed by atoms with van der Waals surface area (Å²) in [4.78, 5) is 23.5. The molecule has 0 aliphatic carbocycles. The molecule has 0 spiro atoms. The number of hydrogen-bond donors (Lipinski definition) is 2. The third-order valence-electron chi connectivity index (χ3n) is 3.15. The summed E-state index contributed by atoms with van der Waals surface area (Å²) in [5, 5.41) is 11.8. The van der Waals surface area contributed by atoms with E-state index in [4.69, 9.17) is 9.47 Å². The molecule has 0 fully saturated rings. The van der Waals surface area contributed by atoms with Gasteiger partial charge in [0, 0.05) is 6.54 Å². The number of ether oxygens (including phenoxy) is 2. The molecule has 2 aromatic carbocycles. The van der Waals surface area contributed by atoms with Gasteiger partial charge < -0.3 is 19.9 Å². The minimum Gasteiger partial charge on any atom is -0.508 e. The number of carbonyl (C=O) groups excluding carboxylic acids is 2. The highest BCUT2D eigenvalue weighted by Gasteiger charge is 2.10. The zero-order valence-electron chi connectivity index (χ0n) is 13.3. The van der Waals surface area contributed by atoms with E-state index in [2.05, 4.69) is 5.32 Å². The maximum absolute atomic E-state index is 12.0. The summed E-state index contributed by atoms with van der Waals surface area (Å²) < 4.78 is 10.3. The quantitative estimate of drug-likeness (QED) is 0.481. The lowest BCUT2D eigenvalue weighted by molar-refractivity contribution is 0.0734. The Hall–Kier alpha value is -3.02. The summed E-state index contributed by atoms with van der Waals surface area (Å²) in [5.41, 5.74) is 0.321. The molecule has 0 radical (unpaired) electrons. The van der Waals surface area contributed by atoms with E-state index in [0.29, 0.717) is 23.6 Å². The average molecular weight is 329 g/mol. The van der Waals surface area contributed by atoms with Crippen LogP contribution in [-0.2, 0) is 0 Å². The number of rotatable bonds is 6. The second-order valence-corrected chi connectivity index (χ2v) is 5.08. The van der Waals surface area contributed by atoms with Crippen LogP contribution in [0.5, 0.6) is 17.2 Å². The Labute approximate surface area is 140 Å². The van der Waals surface area contributed by atoms with Gasteiger partial charge in [0.15, 0.2) is 0 Å². The van der Waals surface area contributed by atoms with Gasteiger partial charge in [0.25, 0.3) is 0 Å². The van der Waals surface area contributed by atoms with Gasteiger partial charge >= 0.3 is 12.1 Å². The zero-order chi connectivity index (χ0) is 17.4. The second-order valence-electron chi connectivity index (χ2n) is 5.08. The molecule has 1 amide bonds. The number of hydrogen-bond acceptors (Lipinski definition) is 5. The Morgan fingerprint density at radius 3 is 2.17 bits per heavy atom. The third-order valence-corrected chi connectivity index (χ3v) is 3.15. The van der Waals surface area contributed by atoms with Crippen molar-refractivity contribution in [2.75, 3.05) is 6.54 Å². The van der Waals surface area contributed by atoms with Gasteiger partial charge in [0.05, 0.1) is 5.56 Å². The van der Waals surface area contributed by atoms with Crippen LogP contribution < -0.4 is 14.8 Å². The molecule has 2 N–H and O–H groups in total. The highest BCUT2D eigenvalue weighted by Crippen LogP contribution is 2.18. The maximum Gasteiger partial charge on any atom is 0.412 e. The number of unbranched alkanes of at least 4 members (excludes halogenated alkanes) is 1. The molecule has 0 aromatic heterocycles. The van der Waals surface area contributed by atoms with Crippen LogP contribution in [0.1, 0.15) is 30.1 Å². The first kappa shape index (κ1) is 17.3. The number of nitrogens with one attached hydrogen (secondary N) is 1. The fraction of sp³-hybridized carbons (Fsp3) is 0.222. The average Bonchev–Trinajstić information content (AvgIpc) is 2.58. The molecular formula is C18H19NO5. The summed E-state index contributed by atoms with van der Waals surface area (Å²) in [5.74, 6) is 0.215. The summed E-state index contributed by atoms with van der Waals surface area (Å²) in [7, 11) is 0. The molecule has 0 aliphatic rings. The van der Waals surface area contributed by atoms with Crippen molar-refractivity contribution in [2.45, 2.75) is 19.8 Å². The van der Waals surface area contributed by atoms with Crippen LogP contribution in [-0.4, -0.2) is 23.7 Å². The molecule has 6 heteroatoms. The van der Waals surface area contributed by atoms with Gasteiger partial charge in [-0.05, 0) is 55.0 Å². The predicted octanol–water partition coefficient (Wildman–Crippen LogP) is 3.50. The first-order valence-electron chi connectivity index (χ1n) is 7.65. The molecule has 0 bridgehead atoms. The van der Waals surface area contributed by atoms with Gasteiger partial charge in [-0.25, -0.2) is 9.59 Å². The molecule has 126 valence electrons. The standard InChI is InChI=1S/C18H19NO5/c1-2-3-12-19-18(22)24-16-8-4-13(5-9-16)17(21)23-15-10-6-14(20)7-11-15/h4-11,20H,2-3,12H2,1H3,(H,19,22). The first-order valence-corrected chi connectivity index (χ1v) is 7.65. The van der Waals surface area contributed by atoms with Crippen molar-refractivity contribution in [3.05, 3.63) is 54.1 Å². The van der Waals surface area contributed by atoms with E-state index >= 15 is 0 Å². The van der Waals surface area contributed by atoms with Crippen LogP contribution >= 0.6 is 0 Å². The molecule has 0 unspecified atom stereocenters. The number of amides is 1. The van der Waals surface area contributed by atoms with Crippen molar-refractivity contribution < 1.29 is 24.2 Å². The molecule has 24 heavy (non-hydrogen) atoms. The van der Waals surface area contributed by atoms with Gasteiger partial charge in [-0.1, -0.05) is 13.3 Å². The first-order chi connectivity index (χ1) is 11.6. The van der Waals surface area contributed by atoms with E-state index in [0.717, 1.165) is 12.8 Å². The lowest BCUT2D eigenvalue weighted by Gasteiger charge is -2.07. The second kappa shape index (κ2) is 8.57. The third kappa shape index (κ3) is 5.31. The summed E-state index contributed by atoms with van der Waals surface area (Å²) in [6.45, 7) is 2.59. The lowest BCUT2D eigenvalue weighted by atomic mass is 10.2. The molecule has 0 saturated heterocycles.